The van der Waals surface area contributed by atoms with Gasteiger partial charge in [-0.05, 0) is 0 Å². The van der Waals surface area contributed by atoms with Crippen molar-refractivity contribution in [1.82, 2.24) is 4.98 Å². The molecule has 1 aromatic carbocycles. The number of alkyl halides is 1. The minimum Gasteiger partial charge on any atom is -0.284 e. The van der Waals surface area contributed by atoms with E-state index in [2.05, 4.69) is 27.5 Å². The number of carbonyl (C=O) groups excluding carboxylic acids is 1. The van der Waals surface area contributed by atoms with Crippen LogP contribution in [-0.2, 0) is 4.79 Å². The van der Waals surface area contributed by atoms with E-state index in [-0.39, 0.29) is 11.2 Å². The molecule has 0 unspecified atom stereocenters. The Bertz CT molecular complexity index is 568. The Morgan fingerprint density at radius 3 is 2.79 bits per heavy atom. The van der Waals surface area contributed by atoms with Gasteiger partial charge in [0.25, 0.3) is 0 Å². The lowest BCUT2D eigenvalue weighted by atomic mass is 10.2. The summed E-state index contributed by atoms with van der Waals surface area (Å²) in [5, 5.41) is 2.94. The van der Waals surface area contributed by atoms with Crippen LogP contribution in [0.1, 0.15) is 0 Å². The standard InChI is InChI=1S/C14H13BrN2OS/c1-2-8-17(13(18)9-15)14-16-12(10-19-14)11-6-4-3-5-7-11/h2-7,10H,1,8-9H2. The number of aromatic nitrogens is 1. The van der Waals surface area contributed by atoms with E-state index in [9.17, 15) is 4.79 Å². The molecule has 0 bridgehead atoms. The van der Waals surface area contributed by atoms with Crippen LogP contribution in [0.25, 0.3) is 11.3 Å². The average molecular weight is 337 g/mol. The van der Waals surface area contributed by atoms with Crippen LogP contribution in [0.5, 0.6) is 0 Å². The summed E-state index contributed by atoms with van der Waals surface area (Å²) in [4.78, 5) is 18.0. The number of nitrogens with zero attached hydrogens (tertiary/aromatic N) is 2. The van der Waals surface area contributed by atoms with Gasteiger partial charge in [0, 0.05) is 17.5 Å². The fourth-order valence-electron chi connectivity index (χ4n) is 1.62. The lowest BCUT2D eigenvalue weighted by Crippen LogP contribution is -2.31. The Morgan fingerprint density at radius 1 is 1.42 bits per heavy atom. The van der Waals surface area contributed by atoms with Gasteiger partial charge in [-0.2, -0.15) is 0 Å². The van der Waals surface area contributed by atoms with Gasteiger partial charge in [0.1, 0.15) is 0 Å². The van der Waals surface area contributed by atoms with Crippen molar-refractivity contribution in [2.24, 2.45) is 0 Å². The molecule has 1 amide bonds. The van der Waals surface area contributed by atoms with Crippen molar-refractivity contribution in [2.45, 2.75) is 0 Å². The zero-order valence-corrected chi connectivity index (χ0v) is 12.7. The first kappa shape index (κ1) is 14.0. The maximum Gasteiger partial charge on any atom is 0.239 e. The van der Waals surface area contributed by atoms with Crippen LogP contribution in [0.15, 0.2) is 48.4 Å². The molecule has 1 aromatic heterocycles. The summed E-state index contributed by atoms with van der Waals surface area (Å²) in [6.45, 7) is 4.14. The summed E-state index contributed by atoms with van der Waals surface area (Å²) in [5.41, 5.74) is 1.94. The molecule has 98 valence electrons. The second-order valence-corrected chi connectivity index (χ2v) is 5.21. The van der Waals surface area contributed by atoms with E-state index in [0.29, 0.717) is 11.7 Å². The zero-order valence-electron chi connectivity index (χ0n) is 10.3. The molecule has 0 aliphatic carbocycles. The number of carbonyl (C=O) groups is 1. The summed E-state index contributed by atoms with van der Waals surface area (Å²) in [7, 11) is 0. The van der Waals surface area contributed by atoms with Crippen LogP contribution in [0, 0.1) is 0 Å². The predicted molar refractivity (Wildman–Crippen MR) is 83.9 cm³/mol. The monoisotopic (exact) mass is 336 g/mol. The number of benzene rings is 1. The molecule has 0 atom stereocenters. The van der Waals surface area contributed by atoms with Gasteiger partial charge in [-0.3, -0.25) is 9.69 Å². The number of hydrogen-bond acceptors (Lipinski definition) is 3. The maximum absolute atomic E-state index is 11.8. The molecule has 0 radical (unpaired) electrons. The molecular weight excluding hydrogens is 324 g/mol. The molecule has 3 nitrogen and oxygen atoms in total. The normalized spacial score (nSPS) is 10.2. The van der Waals surface area contributed by atoms with Crippen LogP contribution in [0.3, 0.4) is 0 Å². The number of amides is 1. The molecule has 0 saturated heterocycles. The molecule has 5 heteroatoms. The van der Waals surface area contributed by atoms with Gasteiger partial charge < -0.3 is 0 Å². The van der Waals surface area contributed by atoms with Gasteiger partial charge in [0.2, 0.25) is 5.91 Å². The third-order valence-electron chi connectivity index (χ3n) is 2.52. The molecule has 0 fully saturated rings. The number of halogens is 1. The van der Waals surface area contributed by atoms with Gasteiger partial charge in [-0.15, -0.1) is 17.9 Å². The summed E-state index contributed by atoms with van der Waals surface area (Å²) in [5.74, 6) is -0.0196. The average Bonchev–Trinajstić information content (AvgIpc) is 2.94. The van der Waals surface area contributed by atoms with Crippen molar-refractivity contribution in [1.29, 1.82) is 0 Å². The molecule has 0 spiro atoms. The molecule has 19 heavy (non-hydrogen) atoms. The van der Waals surface area contributed by atoms with Crippen LogP contribution in [0.2, 0.25) is 0 Å². The van der Waals surface area contributed by atoms with Gasteiger partial charge in [0.05, 0.1) is 11.0 Å². The van der Waals surface area contributed by atoms with E-state index in [1.807, 2.05) is 35.7 Å². The minimum atomic E-state index is -0.0196. The van der Waals surface area contributed by atoms with E-state index in [4.69, 9.17) is 0 Å². The van der Waals surface area contributed by atoms with Gasteiger partial charge in [-0.25, -0.2) is 4.98 Å². The highest BCUT2D eigenvalue weighted by Gasteiger charge is 2.16. The van der Waals surface area contributed by atoms with Crippen LogP contribution >= 0.6 is 27.3 Å². The number of anilines is 1. The first-order chi connectivity index (χ1) is 9.26. The van der Waals surface area contributed by atoms with E-state index < -0.39 is 0 Å². The van der Waals surface area contributed by atoms with E-state index in [0.717, 1.165) is 11.3 Å². The minimum absolute atomic E-state index is 0.0196. The van der Waals surface area contributed by atoms with E-state index >= 15 is 0 Å². The topological polar surface area (TPSA) is 33.2 Å². The van der Waals surface area contributed by atoms with E-state index in [1.54, 1.807) is 11.0 Å². The Labute approximate surface area is 124 Å². The third kappa shape index (κ3) is 3.30. The summed E-state index contributed by atoms with van der Waals surface area (Å²) < 4.78 is 0. The SMILES string of the molecule is C=CCN(C(=O)CBr)c1nc(-c2ccccc2)cs1. The quantitative estimate of drug-likeness (QED) is 0.615. The van der Waals surface area contributed by atoms with E-state index in [1.165, 1.54) is 11.3 Å². The van der Waals surface area contributed by atoms with Crippen molar-refractivity contribution in [3.8, 4) is 11.3 Å². The smallest absolute Gasteiger partial charge is 0.239 e. The zero-order chi connectivity index (χ0) is 13.7. The van der Waals surface area contributed by atoms with Crippen molar-refractivity contribution in [2.75, 3.05) is 16.8 Å². The molecule has 1 heterocycles. The molecule has 2 rings (SSSR count). The summed E-state index contributed by atoms with van der Waals surface area (Å²) in [6.07, 6.45) is 1.70. The molecule has 2 aromatic rings. The summed E-state index contributed by atoms with van der Waals surface area (Å²) in [6, 6.07) is 9.92. The fraction of sp³-hybridized carbons (Fsp3) is 0.143. The lowest BCUT2D eigenvalue weighted by Gasteiger charge is -2.16. The second-order valence-electron chi connectivity index (χ2n) is 3.81. The molecule has 0 N–H and O–H groups in total. The van der Waals surface area contributed by atoms with Crippen LogP contribution in [-0.4, -0.2) is 22.8 Å². The first-order valence-corrected chi connectivity index (χ1v) is 7.74. The van der Waals surface area contributed by atoms with Crippen molar-refractivity contribution in [3.63, 3.8) is 0 Å². The molecule has 0 aliphatic heterocycles. The number of thiazole rings is 1. The van der Waals surface area contributed by atoms with Crippen LogP contribution in [0.4, 0.5) is 5.13 Å². The van der Waals surface area contributed by atoms with Crippen molar-refractivity contribution < 1.29 is 4.79 Å². The van der Waals surface area contributed by atoms with Gasteiger partial charge >= 0.3 is 0 Å². The van der Waals surface area contributed by atoms with Crippen molar-refractivity contribution in [3.05, 3.63) is 48.4 Å². The highest BCUT2D eigenvalue weighted by atomic mass is 79.9. The second kappa shape index (κ2) is 6.63. The Morgan fingerprint density at radius 2 is 2.16 bits per heavy atom. The fourth-order valence-corrected chi connectivity index (χ4v) is 2.78. The molecule has 0 saturated carbocycles. The largest absolute Gasteiger partial charge is 0.284 e. The number of hydrogen-bond donors (Lipinski definition) is 0. The highest BCUT2D eigenvalue weighted by Crippen LogP contribution is 2.27. The number of rotatable bonds is 5. The van der Waals surface area contributed by atoms with Gasteiger partial charge in [0.15, 0.2) is 5.13 Å². The maximum atomic E-state index is 11.8. The van der Waals surface area contributed by atoms with Crippen molar-refractivity contribution >= 4 is 38.3 Å². The first-order valence-electron chi connectivity index (χ1n) is 5.74. The highest BCUT2D eigenvalue weighted by molar-refractivity contribution is 9.09. The Hall–Kier alpha value is -1.46. The summed E-state index contributed by atoms with van der Waals surface area (Å²) >= 11 is 4.65. The van der Waals surface area contributed by atoms with Crippen LogP contribution < -0.4 is 4.90 Å². The lowest BCUT2D eigenvalue weighted by molar-refractivity contribution is -0.115. The van der Waals surface area contributed by atoms with Gasteiger partial charge in [-0.1, -0.05) is 52.3 Å². The Kier molecular flexibility index (Phi) is 4.87. The molecule has 0 aliphatic rings. The Balaban J connectivity index is 2.28. The molecular formula is C14H13BrN2OS. The predicted octanol–water partition coefficient (Wildman–Crippen LogP) is 3.72. The third-order valence-corrected chi connectivity index (χ3v) is 3.86.